The highest BCUT2D eigenvalue weighted by molar-refractivity contribution is 14.1. The van der Waals surface area contributed by atoms with E-state index in [2.05, 4.69) is 0 Å². The lowest BCUT2D eigenvalue weighted by Crippen LogP contribution is -2.15. The van der Waals surface area contributed by atoms with Crippen LogP contribution in [-0.4, -0.2) is 17.7 Å². The lowest BCUT2D eigenvalue weighted by Gasteiger charge is -2.19. The Bertz CT molecular complexity index is 503. The van der Waals surface area contributed by atoms with Gasteiger partial charge in [0.1, 0.15) is 5.75 Å². The summed E-state index contributed by atoms with van der Waals surface area (Å²) in [5.74, 6) is -3.83. The Morgan fingerprint density at radius 2 is 2.21 bits per heavy atom. The zero-order valence-electron chi connectivity index (χ0n) is 10.1. The van der Waals surface area contributed by atoms with Gasteiger partial charge in [-0.15, -0.1) is 0 Å². The van der Waals surface area contributed by atoms with Crippen LogP contribution in [0.25, 0.3) is 0 Å². The van der Waals surface area contributed by atoms with Crippen LogP contribution in [0.4, 0.5) is 8.78 Å². The molecule has 19 heavy (non-hydrogen) atoms. The molecule has 0 aromatic heterocycles. The number of alkyl halides is 2. The molecule has 2 rings (SSSR count). The molecule has 1 N–H and O–H groups in total. The molecule has 104 valence electrons. The molecule has 0 aliphatic carbocycles. The molecule has 0 saturated carbocycles. The molecule has 0 amide bonds. The van der Waals surface area contributed by atoms with Gasteiger partial charge in [0.25, 0.3) is 5.92 Å². The van der Waals surface area contributed by atoms with E-state index in [1.807, 2.05) is 28.7 Å². The average molecular weight is 382 g/mol. The number of carbonyl (C=O) groups is 1. The number of ether oxygens (including phenoxy) is 1. The van der Waals surface area contributed by atoms with E-state index in [1.54, 1.807) is 0 Å². The maximum atomic E-state index is 14.2. The van der Waals surface area contributed by atoms with E-state index in [-0.39, 0.29) is 24.2 Å². The zero-order valence-corrected chi connectivity index (χ0v) is 12.2. The van der Waals surface area contributed by atoms with Gasteiger partial charge >= 0.3 is 5.97 Å². The third-order valence-electron chi connectivity index (χ3n) is 3.02. The van der Waals surface area contributed by atoms with E-state index in [0.29, 0.717) is 13.0 Å². The maximum Gasteiger partial charge on any atom is 0.303 e. The van der Waals surface area contributed by atoms with Crippen LogP contribution in [0.2, 0.25) is 0 Å². The number of halogens is 3. The van der Waals surface area contributed by atoms with Crippen LogP contribution in [0.3, 0.4) is 0 Å². The Hall–Kier alpha value is -0.920. The van der Waals surface area contributed by atoms with Gasteiger partial charge in [-0.25, -0.2) is 8.78 Å². The maximum absolute atomic E-state index is 14.2. The molecule has 1 aromatic carbocycles. The number of carboxylic acid groups (broad SMARTS) is 1. The highest BCUT2D eigenvalue weighted by Gasteiger charge is 2.37. The van der Waals surface area contributed by atoms with Gasteiger partial charge in [0, 0.05) is 22.8 Å². The predicted molar refractivity (Wildman–Crippen MR) is 73.7 cm³/mol. The van der Waals surface area contributed by atoms with Crippen molar-refractivity contribution in [2.24, 2.45) is 0 Å². The van der Waals surface area contributed by atoms with Gasteiger partial charge in [0.05, 0.1) is 12.2 Å². The second kappa shape index (κ2) is 5.60. The van der Waals surface area contributed by atoms with Gasteiger partial charge in [-0.1, -0.05) is 0 Å². The van der Waals surface area contributed by atoms with Crippen LogP contribution in [0.15, 0.2) is 12.1 Å². The zero-order chi connectivity index (χ0) is 14.0. The van der Waals surface area contributed by atoms with Crippen LogP contribution in [-0.2, 0) is 17.1 Å². The second-order valence-corrected chi connectivity index (χ2v) is 5.74. The summed E-state index contributed by atoms with van der Waals surface area (Å²) < 4.78 is 34.4. The minimum atomic E-state index is -3.05. The third-order valence-corrected chi connectivity index (χ3v) is 3.65. The quantitative estimate of drug-likeness (QED) is 0.793. The molecule has 1 aliphatic heterocycles. The minimum absolute atomic E-state index is 0.0530. The lowest BCUT2D eigenvalue weighted by atomic mass is 9.99. The summed E-state index contributed by atoms with van der Waals surface area (Å²) in [5.41, 5.74) is 0.692. The molecule has 6 heteroatoms. The van der Waals surface area contributed by atoms with Crippen LogP contribution in [0, 0.1) is 3.57 Å². The first-order valence-electron chi connectivity index (χ1n) is 5.95. The molecule has 1 aromatic rings. The van der Waals surface area contributed by atoms with Crippen molar-refractivity contribution in [3.05, 3.63) is 26.8 Å². The van der Waals surface area contributed by atoms with E-state index < -0.39 is 18.3 Å². The Kier molecular flexibility index (Phi) is 4.27. The van der Waals surface area contributed by atoms with Crippen LogP contribution >= 0.6 is 22.6 Å². The highest BCUT2D eigenvalue weighted by Crippen LogP contribution is 2.43. The molecule has 0 atom stereocenters. The van der Waals surface area contributed by atoms with Crippen molar-refractivity contribution in [1.29, 1.82) is 0 Å². The summed E-state index contributed by atoms with van der Waals surface area (Å²) >= 11 is 2.00. The predicted octanol–water partition coefficient (Wildman–Crippen LogP) is 3.57. The SMILES string of the molecule is O=C(O)CCCC(F)(F)c1cc(I)cc2c1OCC2. The van der Waals surface area contributed by atoms with Gasteiger partial charge in [-0.05, 0) is 46.7 Å². The monoisotopic (exact) mass is 382 g/mol. The summed E-state index contributed by atoms with van der Waals surface area (Å²) in [4.78, 5) is 10.4. The second-order valence-electron chi connectivity index (χ2n) is 4.49. The molecule has 0 unspecified atom stereocenters. The smallest absolute Gasteiger partial charge is 0.303 e. The molecular weight excluding hydrogens is 369 g/mol. The minimum Gasteiger partial charge on any atom is -0.492 e. The van der Waals surface area contributed by atoms with Crippen molar-refractivity contribution in [2.75, 3.05) is 6.61 Å². The summed E-state index contributed by atoms with van der Waals surface area (Å²) in [6, 6.07) is 3.27. The first kappa shape index (κ1) is 14.5. The topological polar surface area (TPSA) is 46.5 Å². The van der Waals surface area contributed by atoms with Crippen molar-refractivity contribution < 1.29 is 23.4 Å². The summed E-state index contributed by atoms with van der Waals surface area (Å²) in [6.07, 6.45) is -0.134. The number of rotatable bonds is 5. The number of hydrogen-bond donors (Lipinski definition) is 1. The van der Waals surface area contributed by atoms with Crippen LogP contribution in [0.5, 0.6) is 5.75 Å². The van der Waals surface area contributed by atoms with Gasteiger partial charge in [0.2, 0.25) is 0 Å². The first-order valence-corrected chi connectivity index (χ1v) is 7.03. The van der Waals surface area contributed by atoms with Crippen molar-refractivity contribution in [3.8, 4) is 5.75 Å². The average Bonchev–Trinajstić information content (AvgIpc) is 2.74. The normalized spacial score (nSPS) is 14.1. The van der Waals surface area contributed by atoms with Gasteiger partial charge < -0.3 is 9.84 Å². The molecule has 0 fully saturated rings. The Labute approximate surface area is 123 Å². The van der Waals surface area contributed by atoms with Gasteiger partial charge in [-0.3, -0.25) is 4.79 Å². The van der Waals surface area contributed by atoms with Crippen molar-refractivity contribution >= 4 is 28.6 Å². The Morgan fingerprint density at radius 3 is 2.89 bits per heavy atom. The molecule has 1 aliphatic rings. The summed E-state index contributed by atoms with van der Waals surface area (Å²) in [7, 11) is 0. The molecule has 0 saturated heterocycles. The Balaban J connectivity index is 2.22. The fraction of sp³-hybridized carbons (Fsp3) is 0.462. The fourth-order valence-electron chi connectivity index (χ4n) is 2.14. The highest BCUT2D eigenvalue weighted by atomic mass is 127. The van der Waals surface area contributed by atoms with Crippen molar-refractivity contribution in [2.45, 2.75) is 31.6 Å². The largest absolute Gasteiger partial charge is 0.492 e. The molecule has 0 bridgehead atoms. The molecule has 0 radical (unpaired) electrons. The molecular formula is C13H13F2IO3. The van der Waals surface area contributed by atoms with Gasteiger partial charge in [-0.2, -0.15) is 0 Å². The first-order chi connectivity index (χ1) is 8.90. The van der Waals surface area contributed by atoms with E-state index >= 15 is 0 Å². The fourth-order valence-corrected chi connectivity index (χ4v) is 2.82. The number of aliphatic carboxylic acids is 1. The number of carboxylic acids is 1. The van der Waals surface area contributed by atoms with Crippen molar-refractivity contribution in [1.82, 2.24) is 0 Å². The molecule has 3 nitrogen and oxygen atoms in total. The number of benzene rings is 1. The van der Waals surface area contributed by atoms with Crippen LogP contribution < -0.4 is 4.74 Å². The molecule has 1 heterocycles. The van der Waals surface area contributed by atoms with E-state index in [0.717, 1.165) is 9.13 Å². The summed E-state index contributed by atoms with van der Waals surface area (Å²) in [6.45, 7) is 0.424. The van der Waals surface area contributed by atoms with E-state index in [9.17, 15) is 13.6 Å². The lowest BCUT2D eigenvalue weighted by molar-refractivity contribution is -0.137. The van der Waals surface area contributed by atoms with Crippen LogP contribution in [0.1, 0.15) is 30.4 Å². The van der Waals surface area contributed by atoms with Crippen molar-refractivity contribution in [3.63, 3.8) is 0 Å². The van der Waals surface area contributed by atoms with E-state index in [4.69, 9.17) is 9.84 Å². The van der Waals surface area contributed by atoms with E-state index in [1.165, 1.54) is 6.07 Å². The number of fused-ring (bicyclic) bond motifs is 1. The Morgan fingerprint density at radius 1 is 1.47 bits per heavy atom. The standard InChI is InChI=1S/C13H13F2IO3/c14-13(15,4-1-2-11(17)18)10-7-9(16)6-8-3-5-19-12(8)10/h6-7H,1-5H2,(H,17,18). The summed E-state index contributed by atoms with van der Waals surface area (Å²) in [5, 5.41) is 8.51. The number of hydrogen-bond acceptors (Lipinski definition) is 2. The van der Waals surface area contributed by atoms with Gasteiger partial charge in [0.15, 0.2) is 0 Å². The third kappa shape index (κ3) is 3.34. The molecule has 0 spiro atoms.